The van der Waals surface area contributed by atoms with Gasteiger partial charge in [0.25, 0.3) is 0 Å². The van der Waals surface area contributed by atoms with Crippen molar-refractivity contribution in [2.75, 3.05) is 13.7 Å². The van der Waals surface area contributed by atoms with Crippen molar-refractivity contribution < 1.29 is 4.74 Å². The van der Waals surface area contributed by atoms with Gasteiger partial charge in [-0.25, -0.2) is 0 Å². The number of aromatic amines is 2. The van der Waals surface area contributed by atoms with Crippen LogP contribution in [-0.4, -0.2) is 33.5 Å². The highest BCUT2D eigenvalue weighted by molar-refractivity contribution is 7.71. The Balaban J connectivity index is 2.14. The van der Waals surface area contributed by atoms with Crippen molar-refractivity contribution in [3.8, 4) is 11.4 Å². The third kappa shape index (κ3) is 2.09. The lowest BCUT2D eigenvalue weighted by atomic mass is 10.1. The van der Waals surface area contributed by atoms with Crippen LogP contribution in [0.5, 0.6) is 0 Å². The van der Waals surface area contributed by atoms with E-state index in [0.717, 1.165) is 22.3 Å². The molecule has 2 aromatic heterocycles. The Hall–Kier alpha value is -1.92. The third-order valence-corrected chi connectivity index (χ3v) is 3.42. The van der Waals surface area contributed by atoms with E-state index < -0.39 is 0 Å². The Morgan fingerprint density at radius 3 is 3.05 bits per heavy atom. The van der Waals surface area contributed by atoms with Crippen LogP contribution in [0.1, 0.15) is 0 Å². The molecule has 1 aromatic carbocycles. The van der Waals surface area contributed by atoms with Crippen LogP contribution in [0.15, 0.2) is 30.5 Å². The summed E-state index contributed by atoms with van der Waals surface area (Å²) in [5, 5.41) is 8.31. The smallest absolute Gasteiger partial charge is 0.195 e. The maximum atomic E-state index is 5.26. The second-order valence-electron chi connectivity index (χ2n) is 4.24. The quantitative estimate of drug-likeness (QED) is 0.719. The third-order valence-electron chi connectivity index (χ3n) is 3.11. The molecule has 3 rings (SSSR count). The van der Waals surface area contributed by atoms with Gasteiger partial charge in [0.05, 0.1) is 13.2 Å². The zero-order chi connectivity index (χ0) is 13.2. The van der Waals surface area contributed by atoms with Crippen molar-refractivity contribution in [1.29, 1.82) is 0 Å². The first-order valence-electron chi connectivity index (χ1n) is 6.02. The number of H-pyrrole nitrogens is 2. The summed E-state index contributed by atoms with van der Waals surface area (Å²) in [4.78, 5) is 3.25. The summed E-state index contributed by atoms with van der Waals surface area (Å²) < 4.78 is 7.67. The minimum atomic E-state index is 0.600. The number of rotatable bonds is 4. The molecule has 0 spiro atoms. The minimum absolute atomic E-state index is 0.600. The van der Waals surface area contributed by atoms with E-state index in [1.807, 2.05) is 29.0 Å². The van der Waals surface area contributed by atoms with Crippen LogP contribution in [-0.2, 0) is 11.3 Å². The molecule has 5 nitrogen and oxygen atoms in total. The Labute approximate surface area is 115 Å². The number of para-hydroxylation sites is 1. The van der Waals surface area contributed by atoms with E-state index in [9.17, 15) is 0 Å². The minimum Gasteiger partial charge on any atom is -0.383 e. The van der Waals surface area contributed by atoms with Crippen molar-refractivity contribution in [3.05, 3.63) is 35.2 Å². The first kappa shape index (κ1) is 12.1. The van der Waals surface area contributed by atoms with E-state index in [1.165, 1.54) is 0 Å². The molecule has 3 aromatic rings. The van der Waals surface area contributed by atoms with E-state index in [0.29, 0.717) is 17.9 Å². The van der Waals surface area contributed by atoms with E-state index in [2.05, 4.69) is 21.2 Å². The Morgan fingerprint density at radius 1 is 1.37 bits per heavy atom. The van der Waals surface area contributed by atoms with Crippen LogP contribution in [0.2, 0.25) is 0 Å². The molecule has 2 N–H and O–H groups in total. The Bertz CT molecular complexity index is 755. The van der Waals surface area contributed by atoms with Gasteiger partial charge in [-0.15, -0.1) is 0 Å². The van der Waals surface area contributed by atoms with Gasteiger partial charge in [0, 0.05) is 29.8 Å². The van der Waals surface area contributed by atoms with Crippen LogP contribution < -0.4 is 0 Å². The van der Waals surface area contributed by atoms with Crippen LogP contribution in [0.3, 0.4) is 0 Å². The molecule has 0 radical (unpaired) electrons. The predicted molar refractivity (Wildman–Crippen MR) is 76.6 cm³/mol. The number of fused-ring (bicyclic) bond motifs is 1. The summed E-state index contributed by atoms with van der Waals surface area (Å²) in [7, 11) is 1.68. The van der Waals surface area contributed by atoms with Gasteiger partial charge < -0.3 is 9.72 Å². The monoisotopic (exact) mass is 274 g/mol. The molecule has 0 amide bonds. The van der Waals surface area contributed by atoms with Crippen molar-refractivity contribution in [2.24, 2.45) is 0 Å². The van der Waals surface area contributed by atoms with Gasteiger partial charge in [-0.3, -0.25) is 9.67 Å². The van der Waals surface area contributed by atoms with Crippen LogP contribution in [0.4, 0.5) is 0 Å². The van der Waals surface area contributed by atoms with Crippen molar-refractivity contribution in [3.63, 3.8) is 0 Å². The number of ether oxygens (including phenoxy) is 1. The van der Waals surface area contributed by atoms with Gasteiger partial charge in [0.1, 0.15) is 0 Å². The Kier molecular flexibility index (Phi) is 3.18. The van der Waals surface area contributed by atoms with Gasteiger partial charge >= 0.3 is 0 Å². The zero-order valence-electron chi connectivity index (χ0n) is 10.5. The number of hydrogen-bond donors (Lipinski definition) is 2. The fourth-order valence-corrected chi connectivity index (χ4v) is 2.39. The van der Waals surface area contributed by atoms with E-state index in [1.54, 1.807) is 7.11 Å². The normalized spacial score (nSPS) is 11.2. The highest BCUT2D eigenvalue weighted by Crippen LogP contribution is 2.26. The molecule has 0 saturated carbocycles. The maximum Gasteiger partial charge on any atom is 0.195 e. The molecule has 98 valence electrons. The number of methoxy groups -OCH3 is 1. The van der Waals surface area contributed by atoms with E-state index in [-0.39, 0.29) is 0 Å². The molecule has 0 aliphatic rings. The second kappa shape index (κ2) is 4.99. The molecular formula is C13H14N4OS. The molecule has 0 bridgehead atoms. The van der Waals surface area contributed by atoms with Crippen LogP contribution in [0.25, 0.3) is 22.3 Å². The average Bonchev–Trinajstić information content (AvgIpc) is 3.00. The molecular weight excluding hydrogens is 260 g/mol. The molecule has 6 heteroatoms. The van der Waals surface area contributed by atoms with Crippen LogP contribution >= 0.6 is 12.2 Å². The first-order valence-corrected chi connectivity index (χ1v) is 6.42. The lowest BCUT2D eigenvalue weighted by Crippen LogP contribution is -2.06. The van der Waals surface area contributed by atoms with Gasteiger partial charge in [-0.1, -0.05) is 18.2 Å². The maximum absolute atomic E-state index is 5.26. The largest absolute Gasteiger partial charge is 0.383 e. The number of nitrogens with zero attached hydrogens (tertiary/aromatic N) is 2. The average molecular weight is 274 g/mol. The molecule has 0 saturated heterocycles. The first-order chi connectivity index (χ1) is 9.31. The molecule has 0 aliphatic carbocycles. The highest BCUT2D eigenvalue weighted by Gasteiger charge is 2.12. The van der Waals surface area contributed by atoms with Gasteiger partial charge in [0.15, 0.2) is 10.6 Å². The fourth-order valence-electron chi connectivity index (χ4n) is 2.17. The van der Waals surface area contributed by atoms with Gasteiger partial charge in [0.2, 0.25) is 0 Å². The summed E-state index contributed by atoms with van der Waals surface area (Å²) in [5.74, 6) is 0.833. The summed E-state index contributed by atoms with van der Waals surface area (Å²) in [5.41, 5.74) is 2.13. The lowest BCUT2D eigenvalue weighted by molar-refractivity contribution is 0.187. The van der Waals surface area contributed by atoms with Crippen LogP contribution in [0, 0.1) is 4.77 Å². The standard InChI is InChI=1S/C13H14N4OS/c1-18-7-6-17-12(15-16-13(17)19)10-8-14-11-5-3-2-4-9(10)11/h2-5,8,14H,6-7H2,1H3,(H,16,19). The van der Waals surface area contributed by atoms with E-state index in [4.69, 9.17) is 17.0 Å². The second-order valence-corrected chi connectivity index (χ2v) is 4.63. The van der Waals surface area contributed by atoms with Crippen molar-refractivity contribution in [2.45, 2.75) is 6.54 Å². The molecule has 0 atom stereocenters. The molecule has 2 heterocycles. The van der Waals surface area contributed by atoms with Crippen molar-refractivity contribution in [1.82, 2.24) is 19.7 Å². The van der Waals surface area contributed by atoms with E-state index >= 15 is 0 Å². The topological polar surface area (TPSA) is 58.6 Å². The molecule has 0 aliphatic heterocycles. The fraction of sp³-hybridized carbons (Fsp3) is 0.231. The van der Waals surface area contributed by atoms with Gasteiger partial charge in [-0.2, -0.15) is 5.10 Å². The SMILES string of the molecule is COCCn1c(-c2c[nH]c3ccccc23)n[nH]c1=S. The Morgan fingerprint density at radius 2 is 2.21 bits per heavy atom. The number of nitrogens with one attached hydrogen (secondary N) is 2. The lowest BCUT2D eigenvalue weighted by Gasteiger charge is -2.05. The zero-order valence-corrected chi connectivity index (χ0v) is 11.3. The number of hydrogen-bond acceptors (Lipinski definition) is 3. The summed E-state index contributed by atoms with van der Waals surface area (Å²) >= 11 is 5.26. The predicted octanol–water partition coefficient (Wildman–Crippen LogP) is 2.74. The molecule has 0 fully saturated rings. The number of aromatic nitrogens is 4. The van der Waals surface area contributed by atoms with Gasteiger partial charge in [-0.05, 0) is 18.3 Å². The number of benzene rings is 1. The highest BCUT2D eigenvalue weighted by atomic mass is 32.1. The summed E-state index contributed by atoms with van der Waals surface area (Å²) in [6, 6.07) is 8.13. The summed E-state index contributed by atoms with van der Waals surface area (Å²) in [6.45, 7) is 1.28. The van der Waals surface area contributed by atoms with Crippen molar-refractivity contribution >= 4 is 23.1 Å². The molecule has 0 unspecified atom stereocenters. The molecule has 19 heavy (non-hydrogen) atoms. The summed E-state index contributed by atoms with van der Waals surface area (Å²) in [6.07, 6.45) is 1.96.